The van der Waals surface area contributed by atoms with E-state index in [1.807, 2.05) is 54.2 Å². The molecule has 0 aliphatic heterocycles. The normalized spacial score (nSPS) is 11.9. The molecule has 0 radical (unpaired) electrons. The van der Waals surface area contributed by atoms with Crippen LogP contribution in [0.5, 0.6) is 5.75 Å². The lowest BCUT2D eigenvalue weighted by Gasteiger charge is -2.16. The zero-order chi connectivity index (χ0) is 19.1. The van der Waals surface area contributed by atoms with Crippen molar-refractivity contribution in [1.82, 2.24) is 5.32 Å². The SMILES string of the molecule is Cc1ccccc1CSCCNC(=O)C(C)Oc1cccc2ccccc12. The number of hydrogen-bond donors (Lipinski definition) is 1. The van der Waals surface area contributed by atoms with Gasteiger partial charge in [-0.3, -0.25) is 4.79 Å². The molecule has 0 heterocycles. The molecule has 3 aromatic rings. The van der Waals surface area contributed by atoms with Crippen molar-refractivity contribution in [3.05, 3.63) is 77.9 Å². The highest BCUT2D eigenvalue weighted by Crippen LogP contribution is 2.26. The lowest BCUT2D eigenvalue weighted by molar-refractivity contribution is -0.127. The van der Waals surface area contributed by atoms with Gasteiger partial charge in [0.1, 0.15) is 5.75 Å². The summed E-state index contributed by atoms with van der Waals surface area (Å²) in [7, 11) is 0. The minimum Gasteiger partial charge on any atom is -0.480 e. The maximum absolute atomic E-state index is 12.3. The first-order valence-electron chi connectivity index (χ1n) is 9.19. The second-order valence-corrected chi connectivity index (χ2v) is 7.61. The summed E-state index contributed by atoms with van der Waals surface area (Å²) in [5, 5.41) is 5.10. The van der Waals surface area contributed by atoms with E-state index in [9.17, 15) is 4.79 Å². The smallest absolute Gasteiger partial charge is 0.260 e. The summed E-state index contributed by atoms with van der Waals surface area (Å²) in [5.74, 6) is 2.50. The molecule has 0 aromatic heterocycles. The van der Waals surface area contributed by atoms with E-state index >= 15 is 0 Å². The van der Waals surface area contributed by atoms with Crippen LogP contribution in [0, 0.1) is 6.92 Å². The molecule has 1 amide bonds. The Morgan fingerprint density at radius 1 is 1.04 bits per heavy atom. The molecular formula is C23H25NO2S. The minimum atomic E-state index is -0.530. The van der Waals surface area contributed by atoms with Crippen LogP contribution in [0.15, 0.2) is 66.7 Å². The largest absolute Gasteiger partial charge is 0.480 e. The van der Waals surface area contributed by atoms with Gasteiger partial charge < -0.3 is 10.1 Å². The number of fused-ring (bicyclic) bond motifs is 1. The Balaban J connectivity index is 1.44. The van der Waals surface area contributed by atoms with Crippen LogP contribution in [-0.2, 0) is 10.5 Å². The average molecular weight is 380 g/mol. The Kier molecular flexibility index (Phi) is 6.77. The molecule has 0 bridgehead atoms. The number of hydrogen-bond acceptors (Lipinski definition) is 3. The maximum Gasteiger partial charge on any atom is 0.260 e. The highest BCUT2D eigenvalue weighted by molar-refractivity contribution is 7.98. The number of ether oxygens (including phenoxy) is 1. The predicted molar refractivity (Wildman–Crippen MR) is 114 cm³/mol. The summed E-state index contributed by atoms with van der Waals surface area (Å²) in [5.41, 5.74) is 2.66. The van der Waals surface area contributed by atoms with Crippen molar-refractivity contribution >= 4 is 28.4 Å². The van der Waals surface area contributed by atoms with Gasteiger partial charge in [-0.25, -0.2) is 0 Å². The number of thioether (sulfide) groups is 1. The van der Waals surface area contributed by atoms with Crippen LogP contribution in [-0.4, -0.2) is 24.3 Å². The highest BCUT2D eigenvalue weighted by atomic mass is 32.2. The van der Waals surface area contributed by atoms with Crippen LogP contribution in [0.2, 0.25) is 0 Å². The van der Waals surface area contributed by atoms with Crippen LogP contribution in [0.3, 0.4) is 0 Å². The molecule has 0 saturated carbocycles. The Bertz CT molecular complexity index is 904. The zero-order valence-electron chi connectivity index (χ0n) is 15.8. The molecule has 0 aliphatic rings. The van der Waals surface area contributed by atoms with Gasteiger partial charge in [0.2, 0.25) is 0 Å². The number of nitrogens with one attached hydrogen (secondary N) is 1. The Morgan fingerprint density at radius 3 is 2.63 bits per heavy atom. The first kappa shape index (κ1) is 19.3. The molecule has 0 spiro atoms. The van der Waals surface area contributed by atoms with Crippen molar-refractivity contribution in [3.8, 4) is 5.75 Å². The highest BCUT2D eigenvalue weighted by Gasteiger charge is 2.15. The fourth-order valence-electron chi connectivity index (χ4n) is 2.89. The van der Waals surface area contributed by atoms with E-state index in [4.69, 9.17) is 4.74 Å². The summed E-state index contributed by atoms with van der Waals surface area (Å²) in [4.78, 5) is 12.3. The van der Waals surface area contributed by atoms with E-state index in [1.54, 1.807) is 6.92 Å². The van der Waals surface area contributed by atoms with E-state index in [2.05, 4.69) is 36.5 Å². The first-order chi connectivity index (χ1) is 13.1. The Labute approximate surface area is 165 Å². The molecule has 3 rings (SSSR count). The molecule has 4 heteroatoms. The number of aryl methyl sites for hydroxylation is 1. The quantitative estimate of drug-likeness (QED) is 0.562. The third-order valence-corrected chi connectivity index (χ3v) is 5.49. The topological polar surface area (TPSA) is 38.3 Å². The molecule has 3 nitrogen and oxygen atoms in total. The second-order valence-electron chi connectivity index (χ2n) is 6.51. The van der Waals surface area contributed by atoms with E-state index in [-0.39, 0.29) is 5.91 Å². The number of carbonyl (C=O) groups excluding carboxylic acids is 1. The third kappa shape index (κ3) is 5.27. The fourth-order valence-corrected chi connectivity index (χ4v) is 3.82. The van der Waals surface area contributed by atoms with Crippen LogP contribution in [0.25, 0.3) is 10.8 Å². The summed E-state index contributed by atoms with van der Waals surface area (Å²) >= 11 is 1.82. The van der Waals surface area contributed by atoms with Gasteiger partial charge in [-0.15, -0.1) is 0 Å². The van der Waals surface area contributed by atoms with Gasteiger partial charge in [-0.1, -0.05) is 60.7 Å². The molecule has 0 fully saturated rings. The summed E-state index contributed by atoms with van der Waals surface area (Å²) in [6, 6.07) is 22.3. The van der Waals surface area contributed by atoms with Crippen LogP contribution >= 0.6 is 11.8 Å². The monoisotopic (exact) mass is 379 g/mol. The fraction of sp³-hybridized carbons (Fsp3) is 0.261. The van der Waals surface area contributed by atoms with Crippen LogP contribution in [0.1, 0.15) is 18.1 Å². The Morgan fingerprint density at radius 2 is 1.78 bits per heavy atom. The van der Waals surface area contributed by atoms with Gasteiger partial charge in [-0.05, 0) is 36.4 Å². The van der Waals surface area contributed by atoms with Crippen LogP contribution < -0.4 is 10.1 Å². The number of amides is 1. The summed E-state index contributed by atoms with van der Waals surface area (Å²) in [6.07, 6.45) is -0.530. The van der Waals surface area contributed by atoms with Crippen molar-refractivity contribution in [2.45, 2.75) is 25.7 Å². The van der Waals surface area contributed by atoms with Gasteiger partial charge in [-0.2, -0.15) is 11.8 Å². The Hall–Kier alpha value is -2.46. The van der Waals surface area contributed by atoms with Gasteiger partial charge in [0.15, 0.2) is 6.10 Å². The predicted octanol–water partition coefficient (Wildman–Crippen LogP) is 4.97. The summed E-state index contributed by atoms with van der Waals surface area (Å²) in [6.45, 7) is 4.56. The average Bonchev–Trinajstić information content (AvgIpc) is 2.69. The van der Waals surface area contributed by atoms with Crippen molar-refractivity contribution in [2.24, 2.45) is 0 Å². The van der Waals surface area contributed by atoms with E-state index in [1.165, 1.54) is 11.1 Å². The summed E-state index contributed by atoms with van der Waals surface area (Å²) < 4.78 is 5.91. The first-order valence-corrected chi connectivity index (χ1v) is 10.3. The molecule has 0 aliphatic carbocycles. The maximum atomic E-state index is 12.3. The van der Waals surface area contributed by atoms with Crippen molar-refractivity contribution in [3.63, 3.8) is 0 Å². The molecule has 1 atom stereocenters. The molecule has 1 unspecified atom stereocenters. The molecule has 3 aromatic carbocycles. The van der Waals surface area contributed by atoms with Gasteiger partial charge in [0.25, 0.3) is 5.91 Å². The van der Waals surface area contributed by atoms with Gasteiger partial charge in [0.05, 0.1) is 0 Å². The van der Waals surface area contributed by atoms with E-state index in [0.29, 0.717) is 6.54 Å². The van der Waals surface area contributed by atoms with Gasteiger partial charge in [0, 0.05) is 23.4 Å². The van der Waals surface area contributed by atoms with Gasteiger partial charge >= 0.3 is 0 Å². The number of benzene rings is 3. The standard InChI is InChI=1S/C23H25NO2S/c1-17-8-3-4-10-20(17)16-27-15-14-24-23(25)18(2)26-22-13-7-11-19-9-5-6-12-21(19)22/h3-13,18H,14-16H2,1-2H3,(H,24,25). The lowest BCUT2D eigenvalue weighted by atomic mass is 10.1. The molecule has 0 saturated heterocycles. The van der Waals surface area contributed by atoms with E-state index < -0.39 is 6.10 Å². The molecule has 27 heavy (non-hydrogen) atoms. The molecular weight excluding hydrogens is 354 g/mol. The minimum absolute atomic E-state index is 0.0839. The molecule has 1 N–H and O–H groups in total. The van der Waals surface area contributed by atoms with Crippen molar-refractivity contribution in [2.75, 3.05) is 12.3 Å². The zero-order valence-corrected chi connectivity index (χ0v) is 16.6. The lowest BCUT2D eigenvalue weighted by Crippen LogP contribution is -2.37. The number of carbonyl (C=O) groups is 1. The molecule has 140 valence electrons. The van der Waals surface area contributed by atoms with Crippen molar-refractivity contribution < 1.29 is 9.53 Å². The van der Waals surface area contributed by atoms with Crippen LogP contribution in [0.4, 0.5) is 0 Å². The number of rotatable bonds is 8. The van der Waals surface area contributed by atoms with Crippen molar-refractivity contribution in [1.29, 1.82) is 0 Å². The third-order valence-electron chi connectivity index (χ3n) is 4.49. The second kappa shape index (κ2) is 9.47. The van der Waals surface area contributed by atoms with E-state index in [0.717, 1.165) is 28.0 Å².